The Morgan fingerprint density at radius 2 is 1.59 bits per heavy atom. The number of amides is 2. The molecule has 1 N–H and O–H groups in total. The van der Waals surface area contributed by atoms with Crippen molar-refractivity contribution in [1.82, 2.24) is 10.2 Å². The summed E-state index contributed by atoms with van der Waals surface area (Å²) in [6.45, 7) is 9.32. The standard InChI is InChI=1S/C27H38N2O3/c1-6-18-28-27(31)25(7-2)29(19-22-10-15-24(32-5)16-11-22)26(30)17-12-21-8-13-23(14-9-21)20(3)4/h8-11,13-16,20,25H,6-7,12,17-19H2,1-5H3,(H,28,31)/t25-/m0/s1. The molecular formula is C27H38N2O3. The van der Waals surface area contributed by atoms with Crippen LogP contribution in [0.4, 0.5) is 0 Å². The van der Waals surface area contributed by atoms with E-state index in [1.54, 1.807) is 12.0 Å². The lowest BCUT2D eigenvalue weighted by Crippen LogP contribution is -2.49. The summed E-state index contributed by atoms with van der Waals surface area (Å²) in [6.07, 6.45) is 2.46. The molecule has 0 saturated heterocycles. The van der Waals surface area contributed by atoms with Gasteiger partial charge in [0, 0.05) is 19.5 Å². The van der Waals surface area contributed by atoms with E-state index in [1.165, 1.54) is 5.56 Å². The summed E-state index contributed by atoms with van der Waals surface area (Å²) in [5, 5.41) is 2.96. The number of benzene rings is 2. The minimum Gasteiger partial charge on any atom is -0.497 e. The zero-order valence-corrected chi connectivity index (χ0v) is 20.2. The summed E-state index contributed by atoms with van der Waals surface area (Å²) >= 11 is 0. The molecule has 0 unspecified atom stereocenters. The largest absolute Gasteiger partial charge is 0.497 e. The first-order chi connectivity index (χ1) is 15.4. The number of rotatable bonds is 12. The molecule has 2 aromatic rings. The lowest BCUT2D eigenvalue weighted by Gasteiger charge is -2.31. The molecule has 32 heavy (non-hydrogen) atoms. The van der Waals surface area contributed by atoms with E-state index in [4.69, 9.17) is 4.74 Å². The first-order valence-corrected chi connectivity index (χ1v) is 11.7. The molecule has 0 radical (unpaired) electrons. The second kappa shape index (κ2) is 12.9. The third-order valence-electron chi connectivity index (χ3n) is 5.72. The van der Waals surface area contributed by atoms with Crippen LogP contribution in [-0.4, -0.2) is 36.4 Å². The fraction of sp³-hybridized carbons (Fsp3) is 0.481. The number of hydrogen-bond acceptors (Lipinski definition) is 3. The van der Waals surface area contributed by atoms with E-state index in [0.29, 0.717) is 38.3 Å². The van der Waals surface area contributed by atoms with Crippen molar-refractivity contribution in [2.45, 2.75) is 71.9 Å². The predicted octanol–water partition coefficient (Wildman–Crippen LogP) is 5.08. The van der Waals surface area contributed by atoms with Gasteiger partial charge in [0.25, 0.3) is 0 Å². The van der Waals surface area contributed by atoms with Crippen molar-refractivity contribution in [1.29, 1.82) is 0 Å². The quantitative estimate of drug-likeness (QED) is 0.502. The van der Waals surface area contributed by atoms with E-state index < -0.39 is 6.04 Å². The molecule has 0 aliphatic heterocycles. The van der Waals surface area contributed by atoms with Crippen molar-refractivity contribution < 1.29 is 14.3 Å². The lowest BCUT2D eigenvalue weighted by molar-refractivity contribution is -0.141. The van der Waals surface area contributed by atoms with Gasteiger partial charge in [-0.05, 0) is 54.0 Å². The zero-order valence-electron chi connectivity index (χ0n) is 20.2. The van der Waals surface area contributed by atoms with E-state index in [0.717, 1.165) is 23.3 Å². The highest BCUT2D eigenvalue weighted by atomic mass is 16.5. The molecular weight excluding hydrogens is 400 g/mol. The highest BCUT2D eigenvalue weighted by Gasteiger charge is 2.28. The van der Waals surface area contributed by atoms with Gasteiger partial charge in [0.05, 0.1) is 7.11 Å². The van der Waals surface area contributed by atoms with Gasteiger partial charge < -0.3 is 15.0 Å². The van der Waals surface area contributed by atoms with Crippen LogP contribution in [0.5, 0.6) is 5.75 Å². The summed E-state index contributed by atoms with van der Waals surface area (Å²) in [5.74, 6) is 1.16. The van der Waals surface area contributed by atoms with Crippen LogP contribution in [0.25, 0.3) is 0 Å². The highest BCUT2D eigenvalue weighted by molar-refractivity contribution is 5.87. The Balaban J connectivity index is 2.16. The van der Waals surface area contributed by atoms with Crippen LogP contribution in [-0.2, 0) is 22.6 Å². The van der Waals surface area contributed by atoms with Gasteiger partial charge in [0.1, 0.15) is 11.8 Å². The average Bonchev–Trinajstić information content (AvgIpc) is 2.81. The van der Waals surface area contributed by atoms with E-state index in [2.05, 4.69) is 43.4 Å². The maximum absolute atomic E-state index is 13.3. The number of hydrogen-bond donors (Lipinski definition) is 1. The summed E-state index contributed by atoms with van der Waals surface area (Å²) in [4.78, 5) is 27.9. The zero-order chi connectivity index (χ0) is 23.5. The Morgan fingerprint density at radius 3 is 2.12 bits per heavy atom. The number of carbonyl (C=O) groups excluding carboxylic acids is 2. The molecule has 1 atom stereocenters. The molecule has 0 aliphatic carbocycles. The monoisotopic (exact) mass is 438 g/mol. The normalized spacial score (nSPS) is 11.8. The number of aryl methyl sites for hydroxylation is 1. The maximum Gasteiger partial charge on any atom is 0.242 e. The van der Waals surface area contributed by atoms with Gasteiger partial charge >= 0.3 is 0 Å². The van der Waals surface area contributed by atoms with Gasteiger partial charge in [-0.2, -0.15) is 0 Å². The third kappa shape index (κ3) is 7.40. The summed E-state index contributed by atoms with van der Waals surface area (Å²) in [6, 6.07) is 15.6. The molecule has 2 amide bonds. The maximum atomic E-state index is 13.3. The number of carbonyl (C=O) groups is 2. The first kappa shape index (κ1) is 25.4. The van der Waals surface area contributed by atoms with E-state index >= 15 is 0 Å². The van der Waals surface area contributed by atoms with Gasteiger partial charge in [0.15, 0.2) is 0 Å². The number of methoxy groups -OCH3 is 1. The molecule has 174 valence electrons. The Morgan fingerprint density at radius 1 is 0.969 bits per heavy atom. The SMILES string of the molecule is CCCNC(=O)[C@H](CC)N(Cc1ccc(OC)cc1)C(=O)CCc1ccc(C(C)C)cc1. The Bertz CT molecular complexity index is 844. The molecule has 0 heterocycles. The van der Waals surface area contributed by atoms with Crippen LogP contribution in [0.2, 0.25) is 0 Å². The molecule has 0 saturated carbocycles. The molecule has 2 aromatic carbocycles. The van der Waals surface area contributed by atoms with Crippen LogP contribution in [0.3, 0.4) is 0 Å². The highest BCUT2D eigenvalue weighted by Crippen LogP contribution is 2.19. The van der Waals surface area contributed by atoms with Crippen molar-refractivity contribution in [3.8, 4) is 5.75 Å². The molecule has 0 bridgehead atoms. The summed E-state index contributed by atoms with van der Waals surface area (Å²) in [7, 11) is 1.63. The third-order valence-corrected chi connectivity index (χ3v) is 5.72. The number of nitrogens with zero attached hydrogens (tertiary/aromatic N) is 1. The van der Waals surface area contributed by atoms with E-state index in [1.807, 2.05) is 38.1 Å². The topological polar surface area (TPSA) is 58.6 Å². The first-order valence-electron chi connectivity index (χ1n) is 11.7. The Kier molecular flexibility index (Phi) is 10.3. The van der Waals surface area contributed by atoms with Crippen molar-refractivity contribution in [3.63, 3.8) is 0 Å². The summed E-state index contributed by atoms with van der Waals surface area (Å²) < 4.78 is 5.24. The second-order valence-corrected chi connectivity index (χ2v) is 8.48. The molecule has 5 nitrogen and oxygen atoms in total. The Labute approximate surface area is 193 Å². The van der Waals surface area contributed by atoms with Crippen LogP contribution in [0.1, 0.15) is 69.6 Å². The van der Waals surface area contributed by atoms with Crippen molar-refractivity contribution in [3.05, 3.63) is 65.2 Å². The van der Waals surface area contributed by atoms with Gasteiger partial charge in [-0.1, -0.05) is 64.1 Å². The molecule has 0 aromatic heterocycles. The van der Waals surface area contributed by atoms with E-state index in [-0.39, 0.29) is 11.8 Å². The fourth-order valence-corrected chi connectivity index (χ4v) is 3.68. The van der Waals surface area contributed by atoms with Crippen LogP contribution in [0, 0.1) is 0 Å². The lowest BCUT2D eigenvalue weighted by atomic mass is 10.00. The van der Waals surface area contributed by atoms with Crippen LogP contribution >= 0.6 is 0 Å². The van der Waals surface area contributed by atoms with Crippen molar-refractivity contribution in [2.24, 2.45) is 0 Å². The minimum atomic E-state index is -0.487. The van der Waals surface area contributed by atoms with Crippen LogP contribution in [0.15, 0.2) is 48.5 Å². The molecule has 0 spiro atoms. The number of nitrogens with one attached hydrogen (secondary N) is 1. The summed E-state index contributed by atoms with van der Waals surface area (Å²) in [5.41, 5.74) is 3.40. The van der Waals surface area contributed by atoms with Crippen molar-refractivity contribution >= 4 is 11.8 Å². The fourth-order valence-electron chi connectivity index (χ4n) is 3.68. The average molecular weight is 439 g/mol. The minimum absolute atomic E-state index is 0.00717. The Hall–Kier alpha value is -2.82. The molecule has 2 rings (SSSR count). The van der Waals surface area contributed by atoms with Gasteiger partial charge in [-0.25, -0.2) is 0 Å². The van der Waals surface area contributed by atoms with Crippen molar-refractivity contribution in [2.75, 3.05) is 13.7 Å². The molecule has 0 aliphatic rings. The number of ether oxygens (including phenoxy) is 1. The molecule has 5 heteroatoms. The van der Waals surface area contributed by atoms with Gasteiger partial charge in [-0.3, -0.25) is 9.59 Å². The van der Waals surface area contributed by atoms with Crippen LogP contribution < -0.4 is 10.1 Å². The van der Waals surface area contributed by atoms with Gasteiger partial charge in [0.2, 0.25) is 11.8 Å². The molecule has 0 fully saturated rings. The second-order valence-electron chi connectivity index (χ2n) is 8.48. The predicted molar refractivity (Wildman–Crippen MR) is 130 cm³/mol. The smallest absolute Gasteiger partial charge is 0.242 e. The van der Waals surface area contributed by atoms with E-state index in [9.17, 15) is 9.59 Å². The van der Waals surface area contributed by atoms with Gasteiger partial charge in [-0.15, -0.1) is 0 Å².